The largest absolute Gasteiger partial charge is 0.390 e. The highest BCUT2D eigenvalue weighted by Crippen LogP contribution is 2.43. The van der Waals surface area contributed by atoms with Gasteiger partial charge in [0.2, 0.25) is 0 Å². The van der Waals surface area contributed by atoms with Gasteiger partial charge < -0.3 is 5.11 Å². The number of hydrogen-bond acceptors (Lipinski definition) is 1. The number of hydrogen-bond donors (Lipinski definition) is 1. The van der Waals surface area contributed by atoms with Gasteiger partial charge in [0.15, 0.2) is 0 Å². The van der Waals surface area contributed by atoms with Gasteiger partial charge in [-0.25, -0.2) is 0 Å². The van der Waals surface area contributed by atoms with Crippen LogP contribution in [0.4, 0.5) is 0 Å². The summed E-state index contributed by atoms with van der Waals surface area (Å²) in [5.74, 6) is 0.438. The number of aliphatic hydroxyl groups is 1. The highest BCUT2D eigenvalue weighted by Gasteiger charge is 2.40. The molecule has 0 amide bonds. The molecule has 0 heterocycles. The number of benzene rings is 1. The van der Waals surface area contributed by atoms with Crippen LogP contribution >= 0.6 is 0 Å². The Morgan fingerprint density at radius 3 is 2.67 bits per heavy atom. The summed E-state index contributed by atoms with van der Waals surface area (Å²) in [6.45, 7) is 8.76. The Hall–Kier alpha value is -0.820. The van der Waals surface area contributed by atoms with E-state index in [1.54, 1.807) is 0 Å². The minimum absolute atomic E-state index is 0.144. The SMILES string of the molecule is Cc1cccc(C(C)(C)CC2CCCC2(C)O)c1. The van der Waals surface area contributed by atoms with Gasteiger partial charge in [-0.1, -0.05) is 50.1 Å². The van der Waals surface area contributed by atoms with Crippen LogP contribution in [0.1, 0.15) is 57.6 Å². The van der Waals surface area contributed by atoms with E-state index in [1.165, 1.54) is 24.0 Å². The summed E-state index contributed by atoms with van der Waals surface area (Å²) in [5, 5.41) is 10.4. The predicted molar refractivity (Wildman–Crippen MR) is 76.8 cm³/mol. The van der Waals surface area contributed by atoms with Crippen molar-refractivity contribution in [3.05, 3.63) is 35.4 Å². The minimum Gasteiger partial charge on any atom is -0.390 e. The first-order chi connectivity index (χ1) is 8.31. The van der Waals surface area contributed by atoms with Crippen molar-refractivity contribution >= 4 is 0 Å². The molecule has 1 aliphatic rings. The molecular formula is C17H26O. The molecule has 0 spiro atoms. The topological polar surface area (TPSA) is 20.2 Å². The maximum atomic E-state index is 10.4. The van der Waals surface area contributed by atoms with E-state index in [1.807, 2.05) is 6.92 Å². The van der Waals surface area contributed by atoms with E-state index in [4.69, 9.17) is 0 Å². The zero-order chi connectivity index (χ0) is 13.4. The maximum Gasteiger partial charge on any atom is 0.0648 e. The van der Waals surface area contributed by atoms with Gasteiger partial charge in [-0.2, -0.15) is 0 Å². The Morgan fingerprint density at radius 2 is 2.11 bits per heavy atom. The van der Waals surface area contributed by atoms with Gasteiger partial charge in [0.1, 0.15) is 0 Å². The molecule has 0 saturated heterocycles. The summed E-state index contributed by atoms with van der Waals surface area (Å²) < 4.78 is 0. The van der Waals surface area contributed by atoms with Crippen LogP contribution in [0.5, 0.6) is 0 Å². The lowest BCUT2D eigenvalue weighted by Crippen LogP contribution is -2.34. The van der Waals surface area contributed by atoms with Crippen molar-refractivity contribution in [2.24, 2.45) is 5.92 Å². The summed E-state index contributed by atoms with van der Waals surface area (Å²) in [4.78, 5) is 0. The Labute approximate surface area is 111 Å². The normalized spacial score (nSPS) is 28.6. The zero-order valence-corrected chi connectivity index (χ0v) is 12.2. The highest BCUT2D eigenvalue weighted by molar-refractivity contribution is 5.28. The first kappa shape index (κ1) is 13.6. The van der Waals surface area contributed by atoms with E-state index in [0.717, 1.165) is 12.8 Å². The first-order valence-corrected chi connectivity index (χ1v) is 7.11. The van der Waals surface area contributed by atoms with Gasteiger partial charge in [-0.05, 0) is 50.0 Å². The van der Waals surface area contributed by atoms with E-state index in [-0.39, 0.29) is 5.41 Å². The Balaban J connectivity index is 2.17. The van der Waals surface area contributed by atoms with Crippen molar-refractivity contribution in [3.8, 4) is 0 Å². The minimum atomic E-state index is -0.457. The molecule has 0 aliphatic heterocycles. The van der Waals surface area contributed by atoms with E-state index in [2.05, 4.69) is 45.0 Å². The van der Waals surface area contributed by atoms with Gasteiger partial charge >= 0.3 is 0 Å². The van der Waals surface area contributed by atoms with Crippen LogP contribution in [0.25, 0.3) is 0 Å². The Morgan fingerprint density at radius 1 is 1.39 bits per heavy atom. The van der Waals surface area contributed by atoms with Crippen LogP contribution in [0, 0.1) is 12.8 Å². The second-order valence-corrected chi connectivity index (χ2v) is 6.90. The molecule has 0 bridgehead atoms. The molecule has 1 fully saturated rings. The summed E-state index contributed by atoms with van der Waals surface area (Å²) in [5.41, 5.74) is 2.40. The third-order valence-electron chi connectivity index (χ3n) is 4.67. The maximum absolute atomic E-state index is 10.4. The average Bonchev–Trinajstić information content (AvgIpc) is 2.58. The van der Waals surface area contributed by atoms with Crippen molar-refractivity contribution in [1.82, 2.24) is 0 Å². The summed E-state index contributed by atoms with van der Waals surface area (Å²) in [6, 6.07) is 8.78. The van der Waals surface area contributed by atoms with Crippen molar-refractivity contribution in [3.63, 3.8) is 0 Å². The average molecular weight is 246 g/mol. The zero-order valence-electron chi connectivity index (χ0n) is 12.2. The van der Waals surface area contributed by atoms with Crippen LogP contribution < -0.4 is 0 Å². The van der Waals surface area contributed by atoms with Crippen molar-refractivity contribution in [2.75, 3.05) is 0 Å². The Bertz CT molecular complexity index is 417. The van der Waals surface area contributed by atoms with Crippen LogP contribution in [-0.2, 0) is 5.41 Å². The fourth-order valence-electron chi connectivity index (χ4n) is 3.34. The molecular weight excluding hydrogens is 220 g/mol. The lowest BCUT2D eigenvalue weighted by Gasteiger charge is -2.34. The molecule has 0 aromatic heterocycles. The molecule has 0 radical (unpaired) electrons. The first-order valence-electron chi connectivity index (χ1n) is 7.11. The Kier molecular flexibility index (Phi) is 3.55. The van der Waals surface area contributed by atoms with Gasteiger partial charge in [0, 0.05) is 0 Å². The fraction of sp³-hybridized carbons (Fsp3) is 0.647. The molecule has 1 N–H and O–H groups in total. The molecule has 1 saturated carbocycles. The molecule has 18 heavy (non-hydrogen) atoms. The van der Waals surface area contributed by atoms with Crippen molar-refractivity contribution < 1.29 is 5.11 Å². The molecule has 100 valence electrons. The monoisotopic (exact) mass is 246 g/mol. The molecule has 1 aromatic carbocycles. The quantitative estimate of drug-likeness (QED) is 0.847. The molecule has 1 heteroatoms. The van der Waals surface area contributed by atoms with Crippen LogP contribution in [0.3, 0.4) is 0 Å². The van der Waals surface area contributed by atoms with Crippen molar-refractivity contribution in [2.45, 2.75) is 64.4 Å². The van der Waals surface area contributed by atoms with Gasteiger partial charge in [0.25, 0.3) is 0 Å². The van der Waals surface area contributed by atoms with Crippen LogP contribution in [0.15, 0.2) is 24.3 Å². The molecule has 2 unspecified atom stereocenters. The predicted octanol–water partition coefficient (Wildman–Crippen LogP) is 4.21. The van der Waals surface area contributed by atoms with E-state index < -0.39 is 5.60 Å². The standard InChI is InChI=1S/C17H26O/c1-13-7-5-8-14(11-13)16(2,3)12-15-9-6-10-17(15,4)18/h5,7-8,11,15,18H,6,9-10,12H2,1-4H3. The second-order valence-electron chi connectivity index (χ2n) is 6.90. The summed E-state index contributed by atoms with van der Waals surface area (Å²) >= 11 is 0. The van der Waals surface area contributed by atoms with Crippen molar-refractivity contribution in [1.29, 1.82) is 0 Å². The van der Waals surface area contributed by atoms with Crippen LogP contribution in [0.2, 0.25) is 0 Å². The molecule has 1 nitrogen and oxygen atoms in total. The van der Waals surface area contributed by atoms with Gasteiger partial charge in [-0.3, -0.25) is 0 Å². The molecule has 1 aromatic rings. The second kappa shape index (κ2) is 4.70. The number of aryl methyl sites for hydroxylation is 1. The van der Waals surface area contributed by atoms with E-state index in [9.17, 15) is 5.11 Å². The molecule has 1 aliphatic carbocycles. The molecule has 2 rings (SSSR count). The number of rotatable bonds is 3. The lowest BCUT2D eigenvalue weighted by atomic mass is 9.73. The van der Waals surface area contributed by atoms with E-state index >= 15 is 0 Å². The van der Waals surface area contributed by atoms with E-state index in [0.29, 0.717) is 5.92 Å². The third-order valence-corrected chi connectivity index (χ3v) is 4.67. The fourth-order valence-corrected chi connectivity index (χ4v) is 3.34. The summed E-state index contributed by atoms with van der Waals surface area (Å²) in [6.07, 6.45) is 4.37. The lowest BCUT2D eigenvalue weighted by molar-refractivity contribution is 0.0104. The van der Waals surface area contributed by atoms with Gasteiger partial charge in [-0.15, -0.1) is 0 Å². The molecule has 2 atom stereocenters. The highest BCUT2D eigenvalue weighted by atomic mass is 16.3. The van der Waals surface area contributed by atoms with Crippen LogP contribution in [-0.4, -0.2) is 10.7 Å². The van der Waals surface area contributed by atoms with Gasteiger partial charge in [0.05, 0.1) is 5.60 Å². The summed E-state index contributed by atoms with van der Waals surface area (Å²) in [7, 11) is 0. The third kappa shape index (κ3) is 2.77. The smallest absolute Gasteiger partial charge is 0.0648 e.